The zero-order chi connectivity index (χ0) is 12.8. The Hall–Kier alpha value is -1.91. The molecule has 0 amide bonds. The van der Waals surface area contributed by atoms with Crippen LogP contribution in [0.1, 0.15) is 26.3 Å². The Morgan fingerprint density at radius 2 is 2.00 bits per heavy atom. The second-order valence-corrected chi connectivity index (χ2v) is 5.07. The van der Waals surface area contributed by atoms with Gasteiger partial charge in [0.25, 0.3) is 5.56 Å². The van der Waals surface area contributed by atoms with Crippen LogP contribution in [0, 0.1) is 5.82 Å². The highest BCUT2D eigenvalue weighted by atomic mass is 19.1. The van der Waals surface area contributed by atoms with Gasteiger partial charge in [0.1, 0.15) is 5.82 Å². The van der Waals surface area contributed by atoms with Crippen LogP contribution in [-0.2, 0) is 5.41 Å². The van der Waals surface area contributed by atoms with Crippen molar-refractivity contribution in [3.05, 3.63) is 40.1 Å². The summed E-state index contributed by atoms with van der Waals surface area (Å²) in [5, 5.41) is 4.14. The minimum absolute atomic E-state index is 0.0181. The fraction of sp³-hybridized carbons (Fsp3) is 0.333. The number of nitrogens with two attached hydrogens (primary N) is 1. The lowest BCUT2D eigenvalue weighted by molar-refractivity contribution is 0.575. The van der Waals surface area contributed by atoms with Gasteiger partial charge in [-0.1, -0.05) is 20.8 Å². The number of rotatable bonds is 0. The largest absolute Gasteiger partial charge is 0.320 e. The molecule has 4 nitrogen and oxygen atoms in total. The van der Waals surface area contributed by atoms with E-state index in [1.54, 1.807) is 6.07 Å². The summed E-state index contributed by atoms with van der Waals surface area (Å²) in [5.74, 6) is 4.75. The molecule has 1 aromatic heterocycles. The van der Waals surface area contributed by atoms with Gasteiger partial charge in [0.15, 0.2) is 0 Å². The molecule has 0 radical (unpaired) electrons. The van der Waals surface area contributed by atoms with Crippen LogP contribution in [-0.4, -0.2) is 9.89 Å². The SMILES string of the molecule is CC(C)(C)c1cc(F)c2c(=O)n(N)ncc2c1. The Morgan fingerprint density at radius 3 is 2.59 bits per heavy atom. The lowest BCUT2D eigenvalue weighted by Gasteiger charge is -2.19. The second-order valence-electron chi connectivity index (χ2n) is 5.07. The smallest absolute Gasteiger partial charge is 0.296 e. The molecular weight excluding hydrogens is 221 g/mol. The van der Waals surface area contributed by atoms with E-state index < -0.39 is 11.4 Å². The van der Waals surface area contributed by atoms with Gasteiger partial charge in [0.2, 0.25) is 0 Å². The molecule has 0 spiro atoms. The maximum atomic E-state index is 13.9. The molecular formula is C12H14FN3O. The fourth-order valence-corrected chi connectivity index (χ4v) is 1.68. The first-order valence-corrected chi connectivity index (χ1v) is 5.28. The Labute approximate surface area is 97.8 Å². The molecule has 0 aliphatic heterocycles. The minimum atomic E-state index is -0.625. The molecule has 0 saturated heterocycles. The van der Waals surface area contributed by atoms with Crippen LogP contribution in [0.25, 0.3) is 10.8 Å². The Bertz CT molecular complexity index is 640. The number of nitrogens with zero attached hydrogens (tertiary/aromatic N) is 2. The summed E-state index contributed by atoms with van der Waals surface area (Å²) in [4.78, 5) is 12.3. The van der Waals surface area contributed by atoms with Gasteiger partial charge in [0.05, 0.1) is 11.6 Å². The Morgan fingerprint density at radius 1 is 1.35 bits per heavy atom. The molecule has 90 valence electrons. The molecule has 1 aromatic carbocycles. The molecule has 2 rings (SSSR count). The average molecular weight is 235 g/mol. The quantitative estimate of drug-likeness (QED) is 0.705. The number of hydrogen-bond donors (Lipinski definition) is 1. The van der Waals surface area contributed by atoms with Crippen LogP contribution in [0.4, 0.5) is 4.39 Å². The molecule has 0 fully saturated rings. The number of hydrogen-bond acceptors (Lipinski definition) is 3. The van der Waals surface area contributed by atoms with Crippen molar-refractivity contribution in [3.8, 4) is 0 Å². The highest BCUT2D eigenvalue weighted by Gasteiger charge is 2.18. The van der Waals surface area contributed by atoms with Gasteiger partial charge in [-0.15, -0.1) is 4.79 Å². The molecule has 2 aromatic rings. The summed E-state index contributed by atoms with van der Waals surface area (Å²) >= 11 is 0. The van der Waals surface area contributed by atoms with Crippen LogP contribution in [0.5, 0.6) is 0 Å². The van der Waals surface area contributed by atoms with E-state index in [0.29, 0.717) is 10.2 Å². The van der Waals surface area contributed by atoms with E-state index in [2.05, 4.69) is 5.10 Å². The van der Waals surface area contributed by atoms with Crippen molar-refractivity contribution in [1.82, 2.24) is 9.89 Å². The zero-order valence-electron chi connectivity index (χ0n) is 9.99. The van der Waals surface area contributed by atoms with Crippen molar-refractivity contribution in [3.63, 3.8) is 0 Å². The molecule has 5 heteroatoms. The monoisotopic (exact) mass is 235 g/mol. The van der Waals surface area contributed by atoms with E-state index in [9.17, 15) is 9.18 Å². The van der Waals surface area contributed by atoms with Gasteiger partial charge < -0.3 is 5.84 Å². The molecule has 0 atom stereocenters. The van der Waals surface area contributed by atoms with Crippen molar-refractivity contribution in [2.75, 3.05) is 5.84 Å². The highest BCUT2D eigenvalue weighted by Crippen LogP contribution is 2.26. The first kappa shape index (κ1) is 11.6. The van der Waals surface area contributed by atoms with E-state index in [0.717, 1.165) is 5.56 Å². The van der Waals surface area contributed by atoms with Gasteiger partial charge in [-0.3, -0.25) is 4.79 Å². The number of fused-ring (bicyclic) bond motifs is 1. The minimum Gasteiger partial charge on any atom is -0.320 e. The topological polar surface area (TPSA) is 60.9 Å². The summed E-state index contributed by atoms with van der Waals surface area (Å²) in [7, 11) is 0. The van der Waals surface area contributed by atoms with Gasteiger partial charge in [0, 0.05) is 5.39 Å². The maximum Gasteiger partial charge on any atom is 0.296 e. The third kappa shape index (κ3) is 1.88. The predicted molar refractivity (Wildman–Crippen MR) is 64.8 cm³/mol. The third-order valence-electron chi connectivity index (χ3n) is 2.73. The van der Waals surface area contributed by atoms with Crippen molar-refractivity contribution >= 4 is 10.8 Å². The van der Waals surface area contributed by atoms with Crippen molar-refractivity contribution < 1.29 is 4.39 Å². The average Bonchev–Trinajstić information content (AvgIpc) is 2.21. The van der Waals surface area contributed by atoms with Gasteiger partial charge in [-0.2, -0.15) is 5.10 Å². The number of halogens is 1. The molecule has 1 heterocycles. The lowest BCUT2D eigenvalue weighted by Crippen LogP contribution is -2.30. The second kappa shape index (κ2) is 3.55. The van der Waals surface area contributed by atoms with E-state index in [4.69, 9.17) is 5.84 Å². The molecule has 0 saturated carbocycles. The summed E-state index contributed by atoms with van der Waals surface area (Å²) in [6, 6.07) is 3.15. The number of nitrogen functional groups attached to an aromatic ring is 1. The van der Waals surface area contributed by atoms with E-state index in [1.807, 2.05) is 20.8 Å². The molecule has 0 bridgehead atoms. The van der Waals surface area contributed by atoms with Crippen LogP contribution < -0.4 is 11.4 Å². The standard InChI is InChI=1S/C12H14FN3O/c1-12(2,3)8-4-7-6-15-16(14)11(17)10(7)9(13)5-8/h4-6H,14H2,1-3H3. The first-order valence-electron chi connectivity index (χ1n) is 5.28. The van der Waals surface area contributed by atoms with Crippen LogP contribution in [0.2, 0.25) is 0 Å². The van der Waals surface area contributed by atoms with Gasteiger partial charge >= 0.3 is 0 Å². The maximum absolute atomic E-state index is 13.9. The normalized spacial score (nSPS) is 12.0. The van der Waals surface area contributed by atoms with Crippen molar-refractivity contribution in [2.24, 2.45) is 0 Å². The molecule has 0 unspecified atom stereocenters. The lowest BCUT2D eigenvalue weighted by atomic mass is 9.86. The van der Waals surface area contributed by atoms with Gasteiger partial charge in [-0.25, -0.2) is 4.39 Å². The predicted octanol–water partition coefficient (Wildman–Crippen LogP) is 1.55. The molecule has 0 aliphatic carbocycles. The van der Waals surface area contributed by atoms with E-state index in [-0.39, 0.29) is 10.8 Å². The Balaban J connectivity index is 2.87. The first-order chi connectivity index (χ1) is 7.80. The number of aromatic nitrogens is 2. The van der Waals surface area contributed by atoms with Crippen LogP contribution >= 0.6 is 0 Å². The summed E-state index contributed by atoms with van der Waals surface area (Å²) in [6.45, 7) is 5.93. The van der Waals surface area contributed by atoms with Crippen molar-refractivity contribution in [1.29, 1.82) is 0 Å². The fourth-order valence-electron chi connectivity index (χ4n) is 1.68. The van der Waals surface area contributed by atoms with Crippen LogP contribution in [0.3, 0.4) is 0 Å². The zero-order valence-corrected chi connectivity index (χ0v) is 9.99. The molecule has 0 aliphatic rings. The number of benzene rings is 1. The van der Waals surface area contributed by atoms with Crippen LogP contribution in [0.15, 0.2) is 23.1 Å². The van der Waals surface area contributed by atoms with Crippen molar-refractivity contribution in [2.45, 2.75) is 26.2 Å². The highest BCUT2D eigenvalue weighted by molar-refractivity contribution is 5.82. The Kier molecular flexibility index (Phi) is 2.41. The molecule has 17 heavy (non-hydrogen) atoms. The third-order valence-corrected chi connectivity index (χ3v) is 2.73. The summed E-state index contributed by atoms with van der Waals surface area (Å²) < 4.78 is 13.9. The summed E-state index contributed by atoms with van der Waals surface area (Å²) in [6.07, 6.45) is 1.40. The van der Waals surface area contributed by atoms with Gasteiger partial charge in [-0.05, 0) is 23.1 Å². The molecule has 2 N–H and O–H groups in total. The van der Waals surface area contributed by atoms with E-state index >= 15 is 0 Å². The summed E-state index contributed by atoms with van der Waals surface area (Å²) in [5.41, 5.74) is 0.00556. The van der Waals surface area contributed by atoms with E-state index in [1.165, 1.54) is 12.3 Å².